The fourth-order valence-corrected chi connectivity index (χ4v) is 2.48. The van der Waals surface area contributed by atoms with Crippen LogP contribution in [0.1, 0.15) is 5.56 Å². The number of hydrogen-bond acceptors (Lipinski definition) is 4. The molecule has 0 aliphatic rings. The van der Waals surface area contributed by atoms with Crippen LogP contribution in [0.2, 0.25) is 0 Å². The van der Waals surface area contributed by atoms with Gasteiger partial charge in [-0.3, -0.25) is 4.98 Å². The molecule has 0 amide bonds. The van der Waals surface area contributed by atoms with Gasteiger partial charge in [-0.25, -0.2) is 4.98 Å². The standard InChI is InChI=1S/C9H8N2S2/c1-2-8(6-10-3-1)7-13-9-11-4-5-12-9/h1-6H,7H2. The summed E-state index contributed by atoms with van der Waals surface area (Å²) < 4.78 is 1.11. The van der Waals surface area contributed by atoms with Gasteiger partial charge in [0.05, 0.1) is 0 Å². The average molecular weight is 208 g/mol. The number of nitrogens with zero attached hydrogens (tertiary/aromatic N) is 2. The second-order valence-electron chi connectivity index (χ2n) is 2.45. The van der Waals surface area contributed by atoms with Crippen LogP contribution in [0.3, 0.4) is 0 Å². The lowest BCUT2D eigenvalue weighted by molar-refractivity contribution is 1.22. The highest BCUT2D eigenvalue weighted by Crippen LogP contribution is 2.23. The molecule has 0 radical (unpaired) electrons. The maximum atomic E-state index is 4.19. The molecule has 2 heterocycles. The summed E-state index contributed by atoms with van der Waals surface area (Å²) in [5.41, 5.74) is 1.24. The van der Waals surface area contributed by atoms with Gasteiger partial charge in [0, 0.05) is 29.7 Å². The Morgan fingerprint density at radius 3 is 3.08 bits per heavy atom. The molecule has 0 atom stereocenters. The Morgan fingerprint density at radius 2 is 2.38 bits per heavy atom. The monoisotopic (exact) mass is 208 g/mol. The minimum atomic E-state index is 0.946. The van der Waals surface area contributed by atoms with Gasteiger partial charge >= 0.3 is 0 Å². The van der Waals surface area contributed by atoms with Crippen molar-refractivity contribution < 1.29 is 0 Å². The van der Waals surface area contributed by atoms with Gasteiger partial charge in [-0.15, -0.1) is 11.3 Å². The molecule has 2 aromatic rings. The zero-order valence-electron chi connectivity index (χ0n) is 6.88. The van der Waals surface area contributed by atoms with E-state index in [4.69, 9.17) is 0 Å². The van der Waals surface area contributed by atoms with Crippen molar-refractivity contribution in [2.24, 2.45) is 0 Å². The first-order valence-corrected chi connectivity index (χ1v) is 5.73. The van der Waals surface area contributed by atoms with Crippen LogP contribution in [-0.2, 0) is 5.75 Å². The zero-order valence-corrected chi connectivity index (χ0v) is 8.52. The fraction of sp³-hybridized carbons (Fsp3) is 0.111. The van der Waals surface area contributed by atoms with E-state index in [1.54, 1.807) is 29.3 Å². The Morgan fingerprint density at radius 1 is 1.38 bits per heavy atom. The van der Waals surface area contributed by atoms with Crippen LogP contribution >= 0.6 is 23.1 Å². The molecule has 2 aromatic heterocycles. The van der Waals surface area contributed by atoms with E-state index in [0.29, 0.717) is 0 Å². The highest BCUT2D eigenvalue weighted by molar-refractivity contribution is 8.00. The summed E-state index contributed by atoms with van der Waals surface area (Å²) in [6, 6.07) is 4.03. The first-order valence-electron chi connectivity index (χ1n) is 3.86. The van der Waals surface area contributed by atoms with E-state index >= 15 is 0 Å². The van der Waals surface area contributed by atoms with Crippen molar-refractivity contribution in [2.45, 2.75) is 10.1 Å². The lowest BCUT2D eigenvalue weighted by Gasteiger charge is -1.96. The van der Waals surface area contributed by atoms with E-state index in [1.165, 1.54) is 5.56 Å². The number of thioether (sulfide) groups is 1. The highest BCUT2D eigenvalue weighted by atomic mass is 32.2. The number of aromatic nitrogens is 2. The van der Waals surface area contributed by atoms with Crippen molar-refractivity contribution in [3.05, 3.63) is 41.7 Å². The van der Waals surface area contributed by atoms with Crippen LogP contribution in [0, 0.1) is 0 Å². The molecule has 0 N–H and O–H groups in total. The van der Waals surface area contributed by atoms with Gasteiger partial charge in [-0.2, -0.15) is 0 Å². The fourth-order valence-electron chi connectivity index (χ4n) is 0.910. The Hall–Kier alpha value is -0.870. The third-order valence-corrected chi connectivity index (χ3v) is 3.53. The first-order chi connectivity index (χ1) is 6.45. The average Bonchev–Trinajstić information content (AvgIpc) is 2.69. The summed E-state index contributed by atoms with van der Waals surface area (Å²) in [7, 11) is 0. The Bertz CT molecular complexity index is 345. The Labute approximate surface area is 85.1 Å². The molecule has 0 aliphatic carbocycles. The molecular weight excluding hydrogens is 200 g/mol. The molecule has 0 aliphatic heterocycles. The number of rotatable bonds is 3. The summed E-state index contributed by atoms with van der Waals surface area (Å²) in [4.78, 5) is 8.25. The Balaban J connectivity index is 1.94. The predicted octanol–water partition coefficient (Wildman–Crippen LogP) is 2.83. The molecule has 66 valence electrons. The molecule has 0 saturated carbocycles. The maximum absolute atomic E-state index is 4.19. The van der Waals surface area contributed by atoms with Crippen LogP contribution < -0.4 is 0 Å². The molecular formula is C9H8N2S2. The largest absolute Gasteiger partial charge is 0.264 e. The summed E-state index contributed by atoms with van der Waals surface area (Å²) in [6.45, 7) is 0. The van der Waals surface area contributed by atoms with Crippen LogP contribution in [0.5, 0.6) is 0 Å². The summed E-state index contributed by atoms with van der Waals surface area (Å²) in [6.07, 6.45) is 5.51. The lowest BCUT2D eigenvalue weighted by Crippen LogP contribution is -1.80. The maximum Gasteiger partial charge on any atom is 0.150 e. The van der Waals surface area contributed by atoms with Crippen molar-refractivity contribution in [3.8, 4) is 0 Å². The molecule has 2 nitrogen and oxygen atoms in total. The van der Waals surface area contributed by atoms with Gasteiger partial charge in [0.2, 0.25) is 0 Å². The van der Waals surface area contributed by atoms with Gasteiger partial charge in [-0.1, -0.05) is 17.8 Å². The summed E-state index contributed by atoms with van der Waals surface area (Å²) in [5, 5.41) is 1.99. The van der Waals surface area contributed by atoms with Crippen molar-refractivity contribution in [1.82, 2.24) is 9.97 Å². The highest BCUT2D eigenvalue weighted by Gasteiger charge is 1.97. The van der Waals surface area contributed by atoms with E-state index in [9.17, 15) is 0 Å². The SMILES string of the molecule is c1cncc(CSc2nccs2)c1. The molecule has 2 rings (SSSR count). The van der Waals surface area contributed by atoms with Crippen molar-refractivity contribution >= 4 is 23.1 Å². The van der Waals surface area contributed by atoms with Crippen LogP contribution in [0.15, 0.2) is 40.4 Å². The van der Waals surface area contributed by atoms with Gasteiger partial charge in [0.25, 0.3) is 0 Å². The number of pyridine rings is 1. The second kappa shape index (κ2) is 4.39. The lowest BCUT2D eigenvalue weighted by atomic mass is 10.3. The molecule has 0 saturated heterocycles. The third kappa shape index (κ3) is 2.54. The third-order valence-electron chi connectivity index (χ3n) is 1.49. The molecule has 0 unspecified atom stereocenters. The molecule has 0 aromatic carbocycles. The number of thiazole rings is 1. The van der Waals surface area contributed by atoms with Gasteiger partial charge in [-0.05, 0) is 11.6 Å². The van der Waals surface area contributed by atoms with E-state index in [0.717, 1.165) is 10.1 Å². The first kappa shape index (κ1) is 8.72. The number of hydrogen-bond donors (Lipinski definition) is 0. The molecule has 4 heteroatoms. The quantitative estimate of drug-likeness (QED) is 0.725. The summed E-state index contributed by atoms with van der Waals surface area (Å²) in [5.74, 6) is 0.946. The van der Waals surface area contributed by atoms with E-state index in [-0.39, 0.29) is 0 Å². The van der Waals surface area contributed by atoms with Crippen molar-refractivity contribution in [2.75, 3.05) is 0 Å². The normalized spacial score (nSPS) is 10.2. The van der Waals surface area contributed by atoms with Gasteiger partial charge < -0.3 is 0 Å². The Kier molecular flexibility index (Phi) is 2.94. The van der Waals surface area contributed by atoms with E-state index in [1.807, 2.05) is 23.8 Å². The van der Waals surface area contributed by atoms with Crippen LogP contribution in [0.4, 0.5) is 0 Å². The minimum Gasteiger partial charge on any atom is -0.264 e. The van der Waals surface area contributed by atoms with Crippen LogP contribution in [0.25, 0.3) is 0 Å². The topological polar surface area (TPSA) is 25.8 Å². The van der Waals surface area contributed by atoms with Gasteiger partial charge in [0.1, 0.15) is 4.34 Å². The minimum absolute atomic E-state index is 0.946. The predicted molar refractivity (Wildman–Crippen MR) is 55.9 cm³/mol. The van der Waals surface area contributed by atoms with Crippen molar-refractivity contribution in [3.63, 3.8) is 0 Å². The van der Waals surface area contributed by atoms with Crippen molar-refractivity contribution in [1.29, 1.82) is 0 Å². The smallest absolute Gasteiger partial charge is 0.150 e. The molecule has 0 fully saturated rings. The van der Waals surface area contributed by atoms with Crippen LogP contribution in [-0.4, -0.2) is 9.97 Å². The van der Waals surface area contributed by atoms with E-state index in [2.05, 4.69) is 16.0 Å². The van der Waals surface area contributed by atoms with Gasteiger partial charge in [0.15, 0.2) is 0 Å². The molecule has 0 spiro atoms. The second-order valence-corrected chi connectivity index (χ2v) is 4.56. The molecule has 13 heavy (non-hydrogen) atoms. The summed E-state index contributed by atoms with van der Waals surface area (Å²) >= 11 is 3.42. The van der Waals surface area contributed by atoms with E-state index < -0.39 is 0 Å². The molecule has 0 bridgehead atoms. The zero-order chi connectivity index (χ0) is 8.93.